The van der Waals surface area contributed by atoms with Crippen molar-refractivity contribution < 1.29 is 38.2 Å². The predicted octanol–water partition coefficient (Wildman–Crippen LogP) is 5.21. The van der Waals surface area contributed by atoms with Gasteiger partial charge in [0.25, 0.3) is 0 Å². The lowest BCUT2D eigenvalue weighted by Crippen LogP contribution is -2.31. The number of carbonyl (C=O) groups is 1. The quantitative estimate of drug-likeness (QED) is 0.101. The Labute approximate surface area is 174 Å². The van der Waals surface area contributed by atoms with Gasteiger partial charge in [0, 0.05) is 6.42 Å². The van der Waals surface area contributed by atoms with Crippen LogP contribution in [0.25, 0.3) is 0 Å². The lowest BCUT2D eigenvalue weighted by Gasteiger charge is -2.30. The number of hydrogen-bond donors (Lipinski definition) is 4. The van der Waals surface area contributed by atoms with Crippen molar-refractivity contribution in [1.29, 1.82) is 0 Å². The van der Waals surface area contributed by atoms with E-state index in [4.69, 9.17) is 19.6 Å². The molecule has 0 aliphatic carbocycles. The first kappa shape index (κ1) is 28.5. The van der Waals surface area contributed by atoms with Crippen LogP contribution in [0.5, 0.6) is 0 Å². The molecule has 8 nitrogen and oxygen atoms in total. The molecule has 0 aromatic rings. The first-order valence-corrected chi connectivity index (χ1v) is 13.7. The normalized spacial score (nSPS) is 13.2. The van der Waals surface area contributed by atoms with Crippen molar-refractivity contribution in [2.24, 2.45) is 0 Å². The Bertz CT molecular complexity index is 557. The minimum atomic E-state index is -5.35. The van der Waals surface area contributed by atoms with E-state index in [-0.39, 0.29) is 6.42 Å². The molecule has 0 aromatic heterocycles. The summed E-state index contributed by atoms with van der Waals surface area (Å²) < 4.78 is 27.2. The van der Waals surface area contributed by atoms with E-state index in [0.29, 0.717) is 13.3 Å². The molecule has 0 saturated heterocycles. The molecule has 0 heterocycles. The Morgan fingerprint density at radius 1 is 0.793 bits per heavy atom. The summed E-state index contributed by atoms with van der Waals surface area (Å²) in [4.78, 5) is 48.4. The molecule has 172 valence electrons. The molecule has 0 spiro atoms. The van der Waals surface area contributed by atoms with Crippen LogP contribution < -0.4 is 0 Å². The third-order valence-corrected chi connectivity index (χ3v) is 8.69. The van der Waals surface area contributed by atoms with Crippen LogP contribution in [0.4, 0.5) is 0 Å². The van der Waals surface area contributed by atoms with Crippen molar-refractivity contribution in [3.05, 3.63) is 12.2 Å². The molecule has 0 radical (unpaired) electrons. The monoisotopic (exact) mass is 456 g/mol. The van der Waals surface area contributed by atoms with Crippen LogP contribution >= 0.6 is 15.2 Å². The number of carbonyl (C=O) groups excluding carboxylic acids is 1. The number of ether oxygens (including phenoxy) is 1. The van der Waals surface area contributed by atoms with Crippen molar-refractivity contribution >= 4 is 21.2 Å². The zero-order valence-electron chi connectivity index (χ0n) is 17.7. The summed E-state index contributed by atoms with van der Waals surface area (Å²) in [7, 11) is -10.7. The average molecular weight is 456 g/mol. The smallest absolute Gasteiger partial charge is 0.381 e. The number of allylic oxidation sites excluding steroid dienone is 2. The van der Waals surface area contributed by atoms with Gasteiger partial charge in [0.2, 0.25) is 0 Å². The summed E-state index contributed by atoms with van der Waals surface area (Å²) in [6.07, 6.45) is 17.1. The largest absolute Gasteiger partial charge is 0.433 e. The van der Waals surface area contributed by atoms with Gasteiger partial charge in [-0.2, -0.15) is 0 Å². The van der Waals surface area contributed by atoms with E-state index in [1.165, 1.54) is 38.5 Å². The summed E-state index contributed by atoms with van der Waals surface area (Å²) in [5, 5.41) is -3.14. The van der Waals surface area contributed by atoms with Gasteiger partial charge in [-0.3, -0.25) is 13.9 Å². The highest BCUT2D eigenvalue weighted by Crippen LogP contribution is 2.69. The van der Waals surface area contributed by atoms with E-state index in [1.54, 1.807) is 0 Å². The first-order valence-electron chi connectivity index (χ1n) is 10.4. The molecule has 0 unspecified atom stereocenters. The molecule has 0 bridgehead atoms. The van der Waals surface area contributed by atoms with Crippen LogP contribution in [-0.4, -0.2) is 30.6 Å². The Kier molecular flexibility index (Phi) is 14.3. The van der Waals surface area contributed by atoms with Crippen LogP contribution in [0, 0.1) is 0 Å². The third-order valence-electron chi connectivity index (χ3n) is 4.78. The average Bonchev–Trinajstić information content (AvgIpc) is 2.60. The topological polar surface area (TPSA) is 141 Å². The van der Waals surface area contributed by atoms with Gasteiger partial charge in [0.05, 0.1) is 0 Å². The summed E-state index contributed by atoms with van der Waals surface area (Å²) >= 11 is 0. The maximum atomic E-state index is 11.8. The summed E-state index contributed by atoms with van der Waals surface area (Å²) in [5.41, 5.74) is 0. The van der Waals surface area contributed by atoms with Crippen molar-refractivity contribution in [1.82, 2.24) is 0 Å². The summed E-state index contributed by atoms with van der Waals surface area (Å²) in [6, 6.07) is 0. The highest BCUT2D eigenvalue weighted by Gasteiger charge is 2.60. The second-order valence-corrected chi connectivity index (χ2v) is 11.7. The fourth-order valence-corrected chi connectivity index (χ4v) is 4.52. The van der Waals surface area contributed by atoms with Gasteiger partial charge < -0.3 is 24.3 Å². The van der Waals surface area contributed by atoms with Crippen LogP contribution in [0.3, 0.4) is 0 Å². The van der Waals surface area contributed by atoms with Crippen molar-refractivity contribution in [3.8, 4) is 0 Å². The molecular formula is C19H38O8P2. The van der Waals surface area contributed by atoms with E-state index < -0.39 is 26.2 Å². The van der Waals surface area contributed by atoms with Crippen molar-refractivity contribution in [2.75, 3.05) is 0 Å². The third kappa shape index (κ3) is 12.1. The van der Waals surface area contributed by atoms with Crippen LogP contribution in [0.15, 0.2) is 12.2 Å². The summed E-state index contributed by atoms with van der Waals surface area (Å²) in [5.74, 6) is -1.03. The minimum absolute atomic E-state index is 0.149. The first-order chi connectivity index (χ1) is 13.5. The molecule has 4 N–H and O–H groups in total. The highest BCUT2D eigenvalue weighted by molar-refractivity contribution is 7.72. The molecule has 0 fully saturated rings. The molecule has 0 aliphatic heterocycles. The van der Waals surface area contributed by atoms with Crippen LogP contribution in [-0.2, 0) is 18.7 Å². The van der Waals surface area contributed by atoms with E-state index in [9.17, 15) is 13.9 Å². The molecule has 0 rings (SSSR count). The maximum absolute atomic E-state index is 11.8. The SMILES string of the molecule is CCCCCCCCC=CCCCCCCC(=O)OC(C)(P(=O)(O)O)P(=O)(O)O. The molecule has 10 heteroatoms. The lowest BCUT2D eigenvalue weighted by atomic mass is 10.1. The molecule has 0 atom stereocenters. The zero-order chi connectivity index (χ0) is 22.4. The number of unbranched alkanes of at least 4 members (excludes halogenated alkanes) is 10. The standard InChI is InChI=1S/C19H38O8P2/c1-3-4-5-6-7-8-9-10-11-12-13-14-15-16-17-18(20)27-19(2,28(21,22)23)29(24,25)26/h10-11H,3-9,12-17H2,1-2H3,(H2,21,22,23)(H2,24,25,26). The minimum Gasteiger partial charge on any atom is -0.433 e. The molecule has 0 amide bonds. The van der Waals surface area contributed by atoms with E-state index in [1.807, 2.05) is 0 Å². The number of hydrogen-bond acceptors (Lipinski definition) is 4. The molecule has 0 aliphatic rings. The van der Waals surface area contributed by atoms with E-state index in [0.717, 1.165) is 32.1 Å². The number of rotatable bonds is 17. The summed E-state index contributed by atoms with van der Waals surface area (Å²) in [6.45, 7) is 2.77. The van der Waals surface area contributed by atoms with Crippen molar-refractivity contribution in [3.63, 3.8) is 0 Å². The lowest BCUT2D eigenvalue weighted by molar-refractivity contribution is -0.148. The fourth-order valence-electron chi connectivity index (χ4n) is 2.72. The van der Waals surface area contributed by atoms with E-state index in [2.05, 4.69) is 23.8 Å². The van der Waals surface area contributed by atoms with Crippen molar-refractivity contribution in [2.45, 2.75) is 102 Å². The Morgan fingerprint density at radius 2 is 1.21 bits per heavy atom. The molecule has 29 heavy (non-hydrogen) atoms. The van der Waals surface area contributed by atoms with Crippen LogP contribution in [0.2, 0.25) is 0 Å². The molecule has 0 saturated carbocycles. The maximum Gasteiger partial charge on any atom is 0.381 e. The Balaban J connectivity index is 3.88. The second kappa shape index (κ2) is 14.5. The van der Waals surface area contributed by atoms with Gasteiger partial charge in [0.15, 0.2) is 0 Å². The predicted molar refractivity (Wildman–Crippen MR) is 113 cm³/mol. The second-order valence-electron chi connectivity index (χ2n) is 7.48. The van der Waals surface area contributed by atoms with E-state index >= 15 is 0 Å². The zero-order valence-corrected chi connectivity index (χ0v) is 19.5. The van der Waals surface area contributed by atoms with Gasteiger partial charge in [-0.25, -0.2) is 0 Å². The number of esters is 1. The van der Waals surface area contributed by atoms with Gasteiger partial charge in [-0.05, 0) is 39.0 Å². The molecular weight excluding hydrogens is 418 g/mol. The Hall–Kier alpha value is -0.490. The molecule has 0 aromatic carbocycles. The van der Waals surface area contributed by atoms with Gasteiger partial charge >= 0.3 is 26.2 Å². The van der Waals surface area contributed by atoms with Gasteiger partial charge in [-0.15, -0.1) is 0 Å². The highest BCUT2D eigenvalue weighted by atomic mass is 31.2. The fraction of sp³-hybridized carbons (Fsp3) is 0.842. The Morgan fingerprint density at radius 3 is 1.66 bits per heavy atom. The van der Waals surface area contributed by atoms with Gasteiger partial charge in [0.1, 0.15) is 0 Å². The van der Waals surface area contributed by atoms with Gasteiger partial charge in [-0.1, -0.05) is 64.0 Å². The van der Waals surface area contributed by atoms with Crippen LogP contribution in [0.1, 0.15) is 97.3 Å².